The van der Waals surface area contributed by atoms with Crippen molar-refractivity contribution in [1.82, 2.24) is 9.97 Å². The number of halogens is 2. The smallest absolute Gasteiger partial charge is 0.309 e. The van der Waals surface area contributed by atoms with Crippen molar-refractivity contribution in [1.29, 1.82) is 0 Å². The lowest BCUT2D eigenvalue weighted by Gasteiger charge is -2.32. The molecule has 2 N–H and O–H groups in total. The molecular weight excluding hydrogens is 443 g/mol. The predicted molar refractivity (Wildman–Crippen MR) is 120 cm³/mol. The zero-order chi connectivity index (χ0) is 21.3. The summed E-state index contributed by atoms with van der Waals surface area (Å²) in [4.78, 5) is 19.9. The molecule has 0 bridgehead atoms. The Balaban J connectivity index is 1.61. The molecule has 0 spiro atoms. The topological polar surface area (TPSA) is 75.2 Å². The van der Waals surface area contributed by atoms with Crippen LogP contribution in [0.2, 0.25) is 10.0 Å². The lowest BCUT2D eigenvalue weighted by molar-refractivity contribution is -0.165. The average Bonchev–Trinajstić information content (AvgIpc) is 3.10. The fourth-order valence-corrected chi connectivity index (χ4v) is 4.58. The van der Waals surface area contributed by atoms with E-state index in [9.17, 15) is 9.90 Å². The van der Waals surface area contributed by atoms with E-state index in [0.29, 0.717) is 27.4 Å². The van der Waals surface area contributed by atoms with E-state index in [1.165, 1.54) is 11.8 Å². The molecule has 1 fully saturated rings. The van der Waals surface area contributed by atoms with E-state index in [-0.39, 0.29) is 18.5 Å². The average molecular weight is 463 g/mol. The zero-order valence-corrected chi connectivity index (χ0v) is 18.5. The van der Waals surface area contributed by atoms with Gasteiger partial charge in [0.05, 0.1) is 23.4 Å². The number of esters is 1. The normalized spacial score (nSPS) is 21.5. The molecule has 156 valence electrons. The van der Waals surface area contributed by atoms with Gasteiger partial charge in [-0.15, -0.1) is 0 Å². The van der Waals surface area contributed by atoms with Gasteiger partial charge in [-0.3, -0.25) is 4.79 Å². The summed E-state index contributed by atoms with van der Waals surface area (Å²) in [7, 11) is 0. The van der Waals surface area contributed by atoms with Gasteiger partial charge in [-0.25, -0.2) is 4.98 Å². The Morgan fingerprint density at radius 3 is 2.33 bits per heavy atom. The summed E-state index contributed by atoms with van der Waals surface area (Å²) >= 11 is 13.5. The Morgan fingerprint density at radius 2 is 1.73 bits per heavy atom. The maximum atomic E-state index is 11.7. The summed E-state index contributed by atoms with van der Waals surface area (Å²) in [6.07, 6.45) is 0.0611. The van der Waals surface area contributed by atoms with E-state index < -0.39 is 5.60 Å². The fourth-order valence-electron chi connectivity index (χ4n) is 3.47. The maximum Gasteiger partial charge on any atom is 0.309 e. The Hall–Kier alpha value is -1.99. The summed E-state index contributed by atoms with van der Waals surface area (Å²) in [6, 6.07) is 15.0. The minimum absolute atomic E-state index is 0.0242. The first kappa shape index (κ1) is 21.2. The van der Waals surface area contributed by atoms with Gasteiger partial charge in [0.25, 0.3) is 0 Å². The number of aromatic amines is 1. The number of carbonyl (C=O) groups is 1. The molecule has 0 saturated carbocycles. The number of imidazole rings is 1. The molecule has 1 aliphatic heterocycles. The summed E-state index contributed by atoms with van der Waals surface area (Å²) in [5.74, 6) is 0.121. The molecule has 2 aromatic carbocycles. The second-order valence-electron chi connectivity index (χ2n) is 7.58. The number of hydrogen-bond donors (Lipinski definition) is 2. The molecule has 0 unspecified atom stereocenters. The predicted octanol–water partition coefficient (Wildman–Crippen LogP) is 5.60. The zero-order valence-electron chi connectivity index (χ0n) is 16.2. The molecule has 8 heteroatoms. The summed E-state index contributed by atoms with van der Waals surface area (Å²) in [5, 5.41) is 12.3. The number of carbonyl (C=O) groups excluding carboxylic acids is 1. The number of cyclic esters (lactones) is 1. The number of nitrogens with one attached hydrogen (secondary N) is 1. The highest BCUT2D eigenvalue weighted by molar-refractivity contribution is 7.99. The number of thioether (sulfide) groups is 1. The van der Waals surface area contributed by atoms with Crippen molar-refractivity contribution in [3.8, 4) is 22.5 Å². The monoisotopic (exact) mass is 462 g/mol. The van der Waals surface area contributed by atoms with Crippen molar-refractivity contribution in [2.45, 2.75) is 36.6 Å². The van der Waals surface area contributed by atoms with Crippen molar-refractivity contribution in [3.05, 3.63) is 58.6 Å². The van der Waals surface area contributed by atoms with Gasteiger partial charge in [0, 0.05) is 33.3 Å². The van der Waals surface area contributed by atoms with Crippen LogP contribution in [0.25, 0.3) is 22.5 Å². The van der Waals surface area contributed by atoms with Crippen LogP contribution >= 0.6 is 35.0 Å². The Bertz CT molecular complexity index is 986. The van der Waals surface area contributed by atoms with E-state index in [2.05, 4.69) is 4.98 Å². The van der Waals surface area contributed by atoms with E-state index in [1.807, 2.05) is 48.5 Å². The summed E-state index contributed by atoms with van der Waals surface area (Å²) < 4.78 is 5.39. The van der Waals surface area contributed by atoms with Gasteiger partial charge in [0.15, 0.2) is 5.16 Å². The maximum absolute atomic E-state index is 11.7. The van der Waals surface area contributed by atoms with Crippen LogP contribution in [0.5, 0.6) is 0 Å². The highest BCUT2D eigenvalue weighted by atomic mass is 35.5. The highest BCUT2D eigenvalue weighted by Crippen LogP contribution is 2.35. The number of aliphatic hydroxyl groups is 1. The van der Waals surface area contributed by atoms with Gasteiger partial charge in [0.2, 0.25) is 0 Å². The molecule has 0 amide bonds. The lowest BCUT2D eigenvalue weighted by atomic mass is 9.93. The Morgan fingerprint density at radius 1 is 1.13 bits per heavy atom. The van der Waals surface area contributed by atoms with Crippen LogP contribution in [0.4, 0.5) is 0 Å². The molecule has 3 aromatic rings. The quantitative estimate of drug-likeness (QED) is 0.381. The lowest BCUT2D eigenvalue weighted by Crippen LogP contribution is -2.41. The first-order valence-corrected chi connectivity index (χ1v) is 11.2. The van der Waals surface area contributed by atoms with E-state index in [4.69, 9.17) is 32.9 Å². The van der Waals surface area contributed by atoms with Crippen molar-refractivity contribution in [2.75, 3.05) is 5.75 Å². The third-order valence-corrected chi connectivity index (χ3v) is 6.34. The van der Waals surface area contributed by atoms with Gasteiger partial charge in [-0.05, 0) is 31.2 Å². The van der Waals surface area contributed by atoms with Crippen LogP contribution in [0.3, 0.4) is 0 Å². The van der Waals surface area contributed by atoms with Gasteiger partial charge < -0.3 is 14.8 Å². The second-order valence-corrected chi connectivity index (χ2v) is 9.46. The Labute approximate surface area is 188 Å². The van der Waals surface area contributed by atoms with Crippen LogP contribution in [0.1, 0.15) is 19.8 Å². The van der Waals surface area contributed by atoms with Gasteiger partial charge in [-0.2, -0.15) is 0 Å². The first-order valence-electron chi connectivity index (χ1n) is 9.46. The number of benzene rings is 2. The molecule has 1 aromatic heterocycles. The highest BCUT2D eigenvalue weighted by Gasteiger charge is 2.36. The molecule has 0 aliphatic carbocycles. The largest absolute Gasteiger partial charge is 0.461 e. The Kier molecular flexibility index (Phi) is 6.11. The number of H-pyrrole nitrogens is 1. The van der Waals surface area contributed by atoms with Gasteiger partial charge in [0.1, 0.15) is 6.10 Å². The van der Waals surface area contributed by atoms with Crippen LogP contribution in [-0.2, 0) is 9.53 Å². The third kappa shape index (κ3) is 5.01. The summed E-state index contributed by atoms with van der Waals surface area (Å²) in [5.41, 5.74) is 2.51. The standard InChI is InChI=1S/C22H20Cl2N2O3S/c1-22(28)10-17(29-18(27)11-22)12-30-21-25-19(13-2-6-15(23)7-3-13)20(26-21)14-4-8-16(24)9-5-14/h2-9,17,28H,10-12H2,1H3,(H,25,26)/t17-,22+/m0/s1. The van der Waals surface area contributed by atoms with Crippen LogP contribution < -0.4 is 0 Å². The fraction of sp³-hybridized carbons (Fsp3) is 0.273. The van der Waals surface area contributed by atoms with E-state index in [0.717, 1.165) is 22.5 Å². The van der Waals surface area contributed by atoms with E-state index >= 15 is 0 Å². The van der Waals surface area contributed by atoms with Crippen molar-refractivity contribution in [2.24, 2.45) is 0 Å². The number of ether oxygens (including phenoxy) is 1. The van der Waals surface area contributed by atoms with Crippen LogP contribution in [0.15, 0.2) is 53.7 Å². The minimum Gasteiger partial charge on any atom is -0.461 e. The second kappa shape index (κ2) is 8.63. The van der Waals surface area contributed by atoms with E-state index in [1.54, 1.807) is 6.92 Å². The van der Waals surface area contributed by atoms with Crippen molar-refractivity contribution < 1.29 is 14.6 Å². The first-order chi connectivity index (χ1) is 14.3. The molecule has 2 heterocycles. The SMILES string of the molecule is C[C@]1(O)CC(=O)O[C@H](CSc2nc(-c3ccc(Cl)cc3)c(-c3ccc(Cl)cc3)[nH]2)C1. The molecule has 30 heavy (non-hydrogen) atoms. The minimum atomic E-state index is -1.04. The molecule has 1 aliphatic rings. The number of nitrogens with zero attached hydrogens (tertiary/aromatic N) is 1. The summed E-state index contributed by atoms with van der Waals surface area (Å²) in [6.45, 7) is 1.66. The number of hydrogen-bond acceptors (Lipinski definition) is 5. The third-order valence-electron chi connectivity index (χ3n) is 4.83. The van der Waals surface area contributed by atoms with Crippen molar-refractivity contribution in [3.63, 3.8) is 0 Å². The molecule has 2 atom stereocenters. The number of aromatic nitrogens is 2. The van der Waals surface area contributed by atoms with Gasteiger partial charge >= 0.3 is 5.97 Å². The van der Waals surface area contributed by atoms with Crippen molar-refractivity contribution >= 4 is 40.9 Å². The molecule has 5 nitrogen and oxygen atoms in total. The molecule has 0 radical (unpaired) electrons. The molecule has 1 saturated heterocycles. The number of rotatable bonds is 5. The van der Waals surface area contributed by atoms with Crippen LogP contribution in [-0.4, -0.2) is 38.5 Å². The van der Waals surface area contributed by atoms with Crippen LogP contribution in [0, 0.1) is 0 Å². The molecular formula is C22H20Cl2N2O3S. The molecule has 4 rings (SSSR count). The van der Waals surface area contributed by atoms with Gasteiger partial charge in [-0.1, -0.05) is 59.2 Å².